The summed E-state index contributed by atoms with van der Waals surface area (Å²) in [5.74, 6) is 1.30. The molecule has 0 fully saturated rings. The van der Waals surface area contributed by atoms with Crippen LogP contribution in [-0.2, 0) is 6.42 Å². The van der Waals surface area contributed by atoms with Crippen molar-refractivity contribution in [3.63, 3.8) is 0 Å². The van der Waals surface area contributed by atoms with Crippen molar-refractivity contribution < 1.29 is 4.52 Å². The lowest BCUT2D eigenvalue weighted by Gasteiger charge is -2.02. The van der Waals surface area contributed by atoms with Crippen molar-refractivity contribution >= 4 is 5.82 Å². The van der Waals surface area contributed by atoms with Crippen LogP contribution in [0.2, 0.25) is 0 Å². The van der Waals surface area contributed by atoms with Gasteiger partial charge >= 0.3 is 0 Å². The molecule has 1 aromatic heterocycles. The fraction of sp³-hybridized carbons (Fsp3) is 0.250. The van der Waals surface area contributed by atoms with Crippen LogP contribution in [0.1, 0.15) is 18.1 Å². The quantitative estimate of drug-likeness (QED) is 0.814. The summed E-state index contributed by atoms with van der Waals surface area (Å²) < 4.78 is 5.28. The summed E-state index contributed by atoms with van der Waals surface area (Å²) >= 11 is 0. The van der Waals surface area contributed by atoms with Crippen molar-refractivity contribution in [2.45, 2.75) is 20.3 Å². The molecule has 0 unspecified atom stereocenters. The Bertz CT molecular complexity index is 474. The number of hydrogen-bond acceptors (Lipinski definition) is 3. The molecule has 3 nitrogen and oxygen atoms in total. The Kier molecular flexibility index (Phi) is 2.46. The van der Waals surface area contributed by atoms with Gasteiger partial charge in [-0.3, -0.25) is 0 Å². The van der Waals surface area contributed by atoms with E-state index >= 15 is 0 Å². The third-order valence-corrected chi connectivity index (χ3v) is 2.56. The first kappa shape index (κ1) is 9.77. The second kappa shape index (κ2) is 3.77. The van der Waals surface area contributed by atoms with Gasteiger partial charge in [-0.05, 0) is 18.9 Å². The van der Waals surface area contributed by atoms with Crippen LogP contribution in [-0.4, -0.2) is 5.16 Å². The molecule has 15 heavy (non-hydrogen) atoms. The average Bonchev–Trinajstić information content (AvgIpc) is 2.60. The van der Waals surface area contributed by atoms with Crippen LogP contribution in [0.4, 0.5) is 5.82 Å². The lowest BCUT2D eigenvalue weighted by Crippen LogP contribution is -1.91. The lowest BCUT2D eigenvalue weighted by molar-refractivity contribution is 0.435. The highest BCUT2D eigenvalue weighted by Gasteiger charge is 2.14. The van der Waals surface area contributed by atoms with Crippen LogP contribution >= 0.6 is 0 Å². The van der Waals surface area contributed by atoms with Gasteiger partial charge in [0, 0.05) is 11.1 Å². The summed E-state index contributed by atoms with van der Waals surface area (Å²) in [4.78, 5) is 0. The van der Waals surface area contributed by atoms with Crippen LogP contribution in [0.3, 0.4) is 0 Å². The van der Waals surface area contributed by atoms with Gasteiger partial charge in [-0.25, -0.2) is 0 Å². The van der Waals surface area contributed by atoms with Crippen molar-refractivity contribution in [2.24, 2.45) is 0 Å². The van der Waals surface area contributed by atoms with E-state index in [9.17, 15) is 0 Å². The Labute approximate surface area is 88.9 Å². The minimum Gasteiger partial charge on any atom is -0.381 e. The fourth-order valence-corrected chi connectivity index (χ4v) is 1.70. The molecule has 0 bridgehead atoms. The standard InChI is InChI=1S/C12H14N2O/c1-3-9-11(15-14-12(9)13)10-7-5-4-6-8(10)2/h4-7H,3H2,1-2H3,(H2,13,14). The minimum absolute atomic E-state index is 0.496. The predicted octanol–water partition coefficient (Wildman–Crippen LogP) is 2.79. The van der Waals surface area contributed by atoms with E-state index in [-0.39, 0.29) is 0 Å². The Morgan fingerprint density at radius 1 is 1.33 bits per heavy atom. The highest BCUT2D eigenvalue weighted by atomic mass is 16.5. The Morgan fingerprint density at radius 2 is 2.07 bits per heavy atom. The number of nitrogens with two attached hydrogens (primary N) is 1. The molecule has 0 aliphatic heterocycles. The van der Waals surface area contributed by atoms with E-state index in [1.165, 1.54) is 5.56 Å². The summed E-state index contributed by atoms with van der Waals surface area (Å²) in [6.07, 6.45) is 0.832. The van der Waals surface area contributed by atoms with Gasteiger partial charge in [-0.2, -0.15) is 0 Å². The summed E-state index contributed by atoms with van der Waals surface area (Å²) in [5.41, 5.74) is 8.96. The third kappa shape index (κ3) is 1.61. The van der Waals surface area contributed by atoms with Crippen molar-refractivity contribution in [2.75, 3.05) is 5.73 Å². The van der Waals surface area contributed by atoms with Gasteiger partial charge < -0.3 is 10.3 Å². The Hall–Kier alpha value is -1.77. The zero-order valence-corrected chi connectivity index (χ0v) is 8.95. The molecule has 1 aromatic carbocycles. The molecule has 0 aliphatic carbocycles. The molecule has 2 N–H and O–H groups in total. The van der Waals surface area contributed by atoms with Crippen LogP contribution < -0.4 is 5.73 Å². The summed E-state index contributed by atoms with van der Waals surface area (Å²) in [6.45, 7) is 4.10. The Balaban J connectivity index is 2.59. The van der Waals surface area contributed by atoms with Crippen LogP contribution in [0.5, 0.6) is 0 Å². The van der Waals surface area contributed by atoms with Crippen molar-refractivity contribution in [1.29, 1.82) is 0 Å². The number of hydrogen-bond donors (Lipinski definition) is 1. The molecule has 0 aliphatic rings. The number of nitrogen functional groups attached to an aromatic ring is 1. The fourth-order valence-electron chi connectivity index (χ4n) is 1.70. The van der Waals surface area contributed by atoms with Crippen LogP contribution in [0, 0.1) is 6.92 Å². The second-order valence-electron chi connectivity index (χ2n) is 3.54. The second-order valence-corrected chi connectivity index (χ2v) is 3.54. The average molecular weight is 202 g/mol. The van der Waals surface area contributed by atoms with E-state index < -0.39 is 0 Å². The summed E-state index contributed by atoms with van der Waals surface area (Å²) in [6, 6.07) is 8.06. The normalized spacial score (nSPS) is 10.5. The van der Waals surface area contributed by atoms with E-state index in [0.717, 1.165) is 23.3 Å². The van der Waals surface area contributed by atoms with Gasteiger partial charge in [0.2, 0.25) is 0 Å². The number of benzene rings is 1. The van der Waals surface area contributed by atoms with Crippen molar-refractivity contribution in [3.05, 3.63) is 35.4 Å². The molecule has 0 amide bonds. The largest absolute Gasteiger partial charge is 0.381 e. The number of aromatic nitrogens is 1. The molecule has 0 spiro atoms. The number of rotatable bonds is 2. The van der Waals surface area contributed by atoms with E-state index in [2.05, 4.69) is 5.16 Å². The molecule has 3 heteroatoms. The maximum atomic E-state index is 5.73. The maximum Gasteiger partial charge on any atom is 0.172 e. The van der Waals surface area contributed by atoms with Gasteiger partial charge in [-0.15, -0.1) is 0 Å². The van der Waals surface area contributed by atoms with Gasteiger partial charge in [0.1, 0.15) is 0 Å². The zero-order valence-electron chi connectivity index (χ0n) is 8.95. The first-order valence-corrected chi connectivity index (χ1v) is 5.04. The van der Waals surface area contributed by atoms with E-state index in [0.29, 0.717) is 5.82 Å². The smallest absolute Gasteiger partial charge is 0.172 e. The molecule has 0 atom stereocenters. The van der Waals surface area contributed by atoms with Crippen molar-refractivity contribution in [1.82, 2.24) is 5.16 Å². The SMILES string of the molecule is CCc1c(N)noc1-c1ccccc1C. The molecule has 0 saturated carbocycles. The van der Waals surface area contributed by atoms with E-state index in [4.69, 9.17) is 10.3 Å². The summed E-state index contributed by atoms with van der Waals surface area (Å²) in [7, 11) is 0. The lowest BCUT2D eigenvalue weighted by atomic mass is 10.0. The van der Waals surface area contributed by atoms with Crippen LogP contribution in [0.25, 0.3) is 11.3 Å². The van der Waals surface area contributed by atoms with Crippen LogP contribution in [0.15, 0.2) is 28.8 Å². The topological polar surface area (TPSA) is 52.0 Å². The highest BCUT2D eigenvalue weighted by molar-refractivity contribution is 5.68. The first-order chi connectivity index (χ1) is 7.24. The molecule has 78 valence electrons. The number of aryl methyl sites for hydroxylation is 1. The Morgan fingerprint density at radius 3 is 2.73 bits per heavy atom. The molecular formula is C12H14N2O. The molecule has 0 saturated heterocycles. The third-order valence-electron chi connectivity index (χ3n) is 2.56. The van der Waals surface area contributed by atoms with E-state index in [1.54, 1.807) is 0 Å². The van der Waals surface area contributed by atoms with Gasteiger partial charge in [0.05, 0.1) is 0 Å². The number of anilines is 1. The van der Waals surface area contributed by atoms with Crippen molar-refractivity contribution in [3.8, 4) is 11.3 Å². The molecule has 0 radical (unpaired) electrons. The first-order valence-electron chi connectivity index (χ1n) is 5.04. The highest BCUT2D eigenvalue weighted by Crippen LogP contribution is 2.30. The van der Waals surface area contributed by atoms with Gasteiger partial charge in [0.25, 0.3) is 0 Å². The monoisotopic (exact) mass is 202 g/mol. The van der Waals surface area contributed by atoms with E-state index in [1.807, 2.05) is 38.1 Å². The molecule has 2 aromatic rings. The number of nitrogens with zero attached hydrogens (tertiary/aromatic N) is 1. The molecule has 1 heterocycles. The maximum absolute atomic E-state index is 5.73. The minimum atomic E-state index is 0.496. The molecule has 2 rings (SSSR count). The zero-order chi connectivity index (χ0) is 10.8. The predicted molar refractivity (Wildman–Crippen MR) is 60.5 cm³/mol. The van der Waals surface area contributed by atoms with Gasteiger partial charge in [0.15, 0.2) is 11.6 Å². The molecular weight excluding hydrogens is 188 g/mol. The van der Waals surface area contributed by atoms with Gasteiger partial charge in [-0.1, -0.05) is 36.3 Å². The summed E-state index contributed by atoms with van der Waals surface area (Å²) in [5, 5.41) is 3.81.